The van der Waals surface area contributed by atoms with Crippen LogP contribution in [-0.2, 0) is 0 Å². The first kappa shape index (κ1) is 31.3. The van der Waals surface area contributed by atoms with Crippen LogP contribution in [0, 0.1) is 99.1 Å². The van der Waals surface area contributed by atoms with Gasteiger partial charge in [0.25, 0.3) is 0 Å². The molecule has 0 heterocycles. The number of aliphatic hydroxyl groups is 2. The minimum Gasteiger partial charge on any atom is -0.393 e. The zero-order valence-corrected chi connectivity index (χ0v) is 28.6. The number of hydrogen-bond acceptors (Lipinski definition) is 2. The Kier molecular flexibility index (Phi) is 8.25. The molecule has 0 aromatic heterocycles. The average molecular weight is 557 g/mol. The standard InChI is InChI=1S/C38H68O2/c1-20(2)28-14-16-29(17-15-28)30-18-13-21(3)31-23(5)34-25(7)38(12)35(40)32(26(8)39)22(4)19-36(38,10)27(9)37(34,11)24(6)33(30)31/h20-35,39-40H,13-19H2,1-12H3. The minimum atomic E-state index is -0.459. The smallest absolute Gasteiger partial charge is 0.0657 e. The van der Waals surface area contributed by atoms with Gasteiger partial charge in [0.15, 0.2) is 0 Å². The van der Waals surface area contributed by atoms with Gasteiger partial charge in [0.2, 0.25) is 0 Å². The maximum Gasteiger partial charge on any atom is 0.0657 e. The lowest BCUT2D eigenvalue weighted by Crippen LogP contribution is -2.74. The summed E-state index contributed by atoms with van der Waals surface area (Å²) in [6, 6.07) is 0. The highest BCUT2D eigenvalue weighted by Gasteiger charge is 2.73. The fourth-order valence-corrected chi connectivity index (χ4v) is 14.4. The van der Waals surface area contributed by atoms with Crippen molar-refractivity contribution in [1.82, 2.24) is 0 Å². The van der Waals surface area contributed by atoms with Crippen molar-refractivity contribution in [2.75, 3.05) is 0 Å². The highest BCUT2D eigenvalue weighted by Crippen LogP contribution is 2.77. The predicted octanol–water partition coefficient (Wildman–Crippen LogP) is 9.33. The lowest BCUT2D eigenvalue weighted by atomic mass is 9.28. The van der Waals surface area contributed by atoms with Crippen LogP contribution in [-0.4, -0.2) is 22.4 Å². The van der Waals surface area contributed by atoms with Crippen molar-refractivity contribution in [3.8, 4) is 0 Å². The highest BCUT2D eigenvalue weighted by molar-refractivity contribution is 5.21. The van der Waals surface area contributed by atoms with Crippen LogP contribution < -0.4 is 0 Å². The normalized spacial score (nSPS) is 59.5. The van der Waals surface area contributed by atoms with E-state index in [0.29, 0.717) is 29.6 Å². The fraction of sp³-hybridized carbons (Fsp3) is 1.00. The Hall–Kier alpha value is -0.0800. The molecule has 5 rings (SSSR count). The highest BCUT2D eigenvalue weighted by atomic mass is 16.3. The molecule has 0 radical (unpaired) electrons. The molecule has 5 saturated carbocycles. The zero-order valence-electron chi connectivity index (χ0n) is 28.6. The monoisotopic (exact) mass is 557 g/mol. The van der Waals surface area contributed by atoms with Gasteiger partial charge >= 0.3 is 0 Å². The molecule has 5 aliphatic rings. The third kappa shape index (κ3) is 4.05. The van der Waals surface area contributed by atoms with Crippen LogP contribution in [0.5, 0.6) is 0 Å². The summed E-state index contributed by atoms with van der Waals surface area (Å²) < 4.78 is 0. The summed E-state index contributed by atoms with van der Waals surface area (Å²) in [6.07, 6.45) is 8.95. The summed E-state index contributed by atoms with van der Waals surface area (Å²) in [4.78, 5) is 0. The van der Waals surface area contributed by atoms with E-state index in [9.17, 15) is 10.2 Å². The van der Waals surface area contributed by atoms with Crippen molar-refractivity contribution < 1.29 is 10.2 Å². The van der Waals surface area contributed by atoms with E-state index in [-0.39, 0.29) is 22.2 Å². The van der Waals surface area contributed by atoms with E-state index in [1.54, 1.807) is 0 Å². The van der Waals surface area contributed by atoms with E-state index in [0.717, 1.165) is 53.8 Å². The summed E-state index contributed by atoms with van der Waals surface area (Å²) >= 11 is 0. The van der Waals surface area contributed by atoms with E-state index in [2.05, 4.69) is 76.2 Å². The Morgan fingerprint density at radius 3 is 1.88 bits per heavy atom. The van der Waals surface area contributed by atoms with Crippen LogP contribution >= 0.6 is 0 Å². The number of rotatable bonds is 3. The quantitative estimate of drug-likeness (QED) is 0.363. The summed E-state index contributed by atoms with van der Waals surface area (Å²) in [5.41, 5.74) is 0.154. The molecule has 232 valence electrons. The second-order valence-electron chi connectivity index (χ2n) is 18.0. The van der Waals surface area contributed by atoms with Gasteiger partial charge in [-0.25, -0.2) is 0 Å². The van der Waals surface area contributed by atoms with Gasteiger partial charge in [-0.3, -0.25) is 0 Å². The number of hydrogen-bond donors (Lipinski definition) is 2. The number of aliphatic hydroxyl groups excluding tert-OH is 2. The first-order valence-electron chi connectivity index (χ1n) is 17.9. The molecule has 2 N–H and O–H groups in total. The van der Waals surface area contributed by atoms with Gasteiger partial charge in [0, 0.05) is 11.3 Å². The molecule has 0 saturated heterocycles. The SMILES string of the molecule is CC(C)C1CCC(C2CCC(C)C3C(C)C4C(C)C5(C)C(O)C(C(C)O)C(C)CC5(C)C(C)C4(C)C(C)C23)CC1. The van der Waals surface area contributed by atoms with E-state index < -0.39 is 12.2 Å². The average Bonchev–Trinajstić information content (AvgIpc) is 2.89. The van der Waals surface area contributed by atoms with E-state index >= 15 is 0 Å². The van der Waals surface area contributed by atoms with Crippen molar-refractivity contribution in [3.63, 3.8) is 0 Å². The lowest BCUT2D eigenvalue weighted by molar-refractivity contribution is -0.309. The van der Waals surface area contributed by atoms with Crippen molar-refractivity contribution >= 4 is 0 Å². The van der Waals surface area contributed by atoms with Gasteiger partial charge < -0.3 is 10.2 Å². The molecule has 0 aromatic carbocycles. The number of fused-ring (bicyclic) bond motifs is 3. The van der Waals surface area contributed by atoms with Gasteiger partial charge in [0.05, 0.1) is 12.2 Å². The Labute approximate surface area is 249 Å². The molecule has 0 bridgehead atoms. The Bertz CT molecular complexity index is 903. The summed E-state index contributed by atoms with van der Waals surface area (Å²) in [5, 5.41) is 23.1. The predicted molar refractivity (Wildman–Crippen MR) is 169 cm³/mol. The van der Waals surface area contributed by atoms with Crippen molar-refractivity contribution in [2.45, 2.75) is 140 Å². The topological polar surface area (TPSA) is 40.5 Å². The van der Waals surface area contributed by atoms with Gasteiger partial charge in [-0.15, -0.1) is 0 Å². The Morgan fingerprint density at radius 1 is 0.725 bits per heavy atom. The van der Waals surface area contributed by atoms with Gasteiger partial charge in [0.1, 0.15) is 0 Å². The van der Waals surface area contributed by atoms with Crippen LogP contribution in [0.3, 0.4) is 0 Å². The Balaban J connectivity index is 1.55. The van der Waals surface area contributed by atoms with Crippen LogP contribution in [0.4, 0.5) is 0 Å². The molecule has 0 spiro atoms. The Morgan fingerprint density at radius 2 is 1.32 bits per heavy atom. The molecule has 40 heavy (non-hydrogen) atoms. The van der Waals surface area contributed by atoms with Gasteiger partial charge in [-0.1, -0.05) is 82.6 Å². The van der Waals surface area contributed by atoms with E-state index in [4.69, 9.17) is 0 Å². The first-order valence-corrected chi connectivity index (χ1v) is 17.9. The third-order valence-electron chi connectivity index (χ3n) is 16.9. The first-order chi connectivity index (χ1) is 18.5. The second kappa shape index (κ2) is 10.5. The van der Waals surface area contributed by atoms with Crippen LogP contribution in [0.2, 0.25) is 0 Å². The molecule has 0 aliphatic heterocycles. The molecular weight excluding hydrogens is 488 g/mol. The molecule has 5 fully saturated rings. The van der Waals surface area contributed by atoms with Gasteiger partial charge in [-0.2, -0.15) is 0 Å². The molecule has 5 aliphatic carbocycles. The van der Waals surface area contributed by atoms with Crippen molar-refractivity contribution in [1.29, 1.82) is 0 Å². The summed E-state index contributed by atoms with van der Waals surface area (Å²) in [5.74, 6) is 9.41. The van der Waals surface area contributed by atoms with Crippen LogP contribution in [0.1, 0.15) is 128 Å². The van der Waals surface area contributed by atoms with E-state index in [1.165, 1.54) is 38.5 Å². The molecule has 2 nitrogen and oxygen atoms in total. The minimum absolute atomic E-state index is 0.0277. The summed E-state index contributed by atoms with van der Waals surface area (Å²) in [7, 11) is 0. The largest absolute Gasteiger partial charge is 0.393 e. The molecular formula is C38H68O2. The lowest BCUT2D eigenvalue weighted by Gasteiger charge is -2.76. The fourth-order valence-electron chi connectivity index (χ4n) is 14.4. The zero-order chi connectivity index (χ0) is 29.7. The summed E-state index contributed by atoms with van der Waals surface area (Å²) in [6.45, 7) is 30.0. The van der Waals surface area contributed by atoms with Crippen LogP contribution in [0.15, 0.2) is 0 Å². The third-order valence-corrected chi connectivity index (χ3v) is 16.9. The molecule has 16 atom stereocenters. The second-order valence-corrected chi connectivity index (χ2v) is 18.0. The molecule has 16 unspecified atom stereocenters. The van der Waals surface area contributed by atoms with Crippen LogP contribution in [0.25, 0.3) is 0 Å². The van der Waals surface area contributed by atoms with Crippen molar-refractivity contribution in [2.24, 2.45) is 99.1 Å². The maximum atomic E-state index is 12.2. The molecule has 0 aromatic rings. The molecule has 0 amide bonds. The maximum absolute atomic E-state index is 12.2. The van der Waals surface area contributed by atoms with Crippen molar-refractivity contribution in [3.05, 3.63) is 0 Å². The van der Waals surface area contributed by atoms with E-state index in [1.807, 2.05) is 6.92 Å². The van der Waals surface area contributed by atoms with Gasteiger partial charge in [-0.05, 0) is 133 Å². The molecule has 2 heteroatoms.